The Kier molecular flexibility index (Phi) is 7.25. The zero-order valence-corrected chi connectivity index (χ0v) is 21.2. The Morgan fingerprint density at radius 3 is 2.62 bits per heavy atom. The number of hydrogen-bond acceptors (Lipinski definition) is 8. The van der Waals surface area contributed by atoms with Gasteiger partial charge in [-0.2, -0.15) is 0 Å². The van der Waals surface area contributed by atoms with Crippen LogP contribution in [0.2, 0.25) is 0 Å². The summed E-state index contributed by atoms with van der Waals surface area (Å²) in [5, 5.41) is 6.62. The van der Waals surface area contributed by atoms with Gasteiger partial charge < -0.3 is 24.7 Å². The summed E-state index contributed by atoms with van der Waals surface area (Å²) in [5.74, 6) is 2.38. The Morgan fingerprint density at radius 1 is 1.05 bits per heavy atom. The Balaban J connectivity index is 1.23. The number of nitrogens with one attached hydrogen (secondary N) is 2. The average molecular weight is 517 g/mol. The number of hydrogen-bond donors (Lipinski definition) is 2. The number of furan rings is 1. The molecular formula is C28H28N4O4S. The standard InChI is InChI=1S/C28H28N4O4S/c1-37(33,34)14-12-29-16-21-15-28(35-20-21)32-13-11-22-17-30-18-27(26(22)19-32)31-23-7-9-25(10-8-23)36-24-5-3-2-4-6-24/h2-11,13,15,17-18,20,29,31H,12,14,16,19H2,1H3. The fraction of sp³-hybridized carbons (Fsp3) is 0.179. The largest absolute Gasteiger partial charge is 0.457 e. The van der Waals surface area contributed by atoms with Gasteiger partial charge in [-0.25, -0.2) is 8.42 Å². The fourth-order valence-corrected chi connectivity index (χ4v) is 4.47. The van der Waals surface area contributed by atoms with E-state index in [9.17, 15) is 8.42 Å². The molecule has 3 heterocycles. The highest BCUT2D eigenvalue weighted by atomic mass is 32.2. The second-order valence-electron chi connectivity index (χ2n) is 8.86. The molecule has 0 aliphatic carbocycles. The maximum atomic E-state index is 11.3. The number of benzene rings is 2. The molecule has 9 heteroatoms. The monoisotopic (exact) mass is 516 g/mol. The summed E-state index contributed by atoms with van der Waals surface area (Å²) in [4.78, 5) is 6.43. The molecular weight excluding hydrogens is 488 g/mol. The molecule has 190 valence electrons. The van der Waals surface area contributed by atoms with E-state index in [-0.39, 0.29) is 5.75 Å². The second-order valence-corrected chi connectivity index (χ2v) is 11.1. The van der Waals surface area contributed by atoms with E-state index in [1.807, 2.05) is 90.2 Å². The van der Waals surface area contributed by atoms with Crippen molar-refractivity contribution in [3.05, 3.63) is 102 Å². The highest BCUT2D eigenvalue weighted by Crippen LogP contribution is 2.32. The lowest BCUT2D eigenvalue weighted by molar-refractivity contribution is 0.483. The molecule has 8 nitrogen and oxygen atoms in total. The summed E-state index contributed by atoms with van der Waals surface area (Å²) in [5.41, 5.74) is 4.94. The fourth-order valence-electron chi connectivity index (χ4n) is 3.96. The minimum absolute atomic E-state index is 0.107. The molecule has 0 radical (unpaired) electrons. The smallest absolute Gasteiger partial charge is 0.199 e. The number of anilines is 3. The summed E-state index contributed by atoms with van der Waals surface area (Å²) in [6.45, 7) is 1.55. The lowest BCUT2D eigenvalue weighted by Gasteiger charge is -2.25. The van der Waals surface area contributed by atoms with Crippen molar-refractivity contribution >= 4 is 33.2 Å². The molecule has 4 aromatic rings. The number of sulfone groups is 1. The van der Waals surface area contributed by atoms with E-state index < -0.39 is 9.84 Å². The van der Waals surface area contributed by atoms with E-state index in [2.05, 4.69) is 15.6 Å². The number of nitrogens with zero attached hydrogens (tertiary/aromatic N) is 2. The SMILES string of the molecule is CS(=O)(=O)CCNCc1coc(N2C=Cc3cncc(Nc4ccc(Oc5ccccc5)cc4)c3C2)c1. The van der Waals surface area contributed by atoms with Crippen molar-refractivity contribution < 1.29 is 17.6 Å². The molecule has 1 aliphatic heterocycles. The minimum atomic E-state index is -2.98. The highest BCUT2D eigenvalue weighted by Gasteiger charge is 2.19. The van der Waals surface area contributed by atoms with E-state index in [0.29, 0.717) is 25.5 Å². The lowest BCUT2D eigenvalue weighted by atomic mass is 10.0. The molecule has 5 rings (SSSR count). The molecule has 0 unspecified atom stereocenters. The van der Waals surface area contributed by atoms with E-state index in [4.69, 9.17) is 9.15 Å². The molecule has 0 saturated carbocycles. The van der Waals surface area contributed by atoms with Crippen LogP contribution in [0.1, 0.15) is 16.7 Å². The van der Waals surface area contributed by atoms with Crippen molar-refractivity contribution in [1.82, 2.24) is 10.3 Å². The van der Waals surface area contributed by atoms with E-state index in [1.54, 1.807) is 6.26 Å². The maximum Gasteiger partial charge on any atom is 0.199 e. The summed E-state index contributed by atoms with van der Waals surface area (Å²) < 4.78 is 34.3. The van der Waals surface area contributed by atoms with Crippen LogP contribution in [0.4, 0.5) is 17.3 Å². The molecule has 0 atom stereocenters. The predicted octanol–water partition coefficient (Wildman–Crippen LogP) is 5.34. The van der Waals surface area contributed by atoms with Crippen LogP contribution in [0.3, 0.4) is 0 Å². The topological polar surface area (TPSA) is 96.7 Å². The van der Waals surface area contributed by atoms with Gasteiger partial charge in [0.25, 0.3) is 0 Å². The van der Waals surface area contributed by atoms with E-state index in [0.717, 1.165) is 39.6 Å². The van der Waals surface area contributed by atoms with Gasteiger partial charge in [0.05, 0.1) is 30.4 Å². The molecule has 0 spiro atoms. The third-order valence-electron chi connectivity index (χ3n) is 5.87. The van der Waals surface area contributed by atoms with Crippen LogP contribution in [-0.4, -0.2) is 32.0 Å². The Morgan fingerprint density at radius 2 is 1.84 bits per heavy atom. The van der Waals surface area contributed by atoms with Crippen molar-refractivity contribution in [3.63, 3.8) is 0 Å². The van der Waals surface area contributed by atoms with Gasteiger partial charge in [-0.15, -0.1) is 0 Å². The zero-order valence-electron chi connectivity index (χ0n) is 20.4. The molecule has 0 saturated heterocycles. The Labute approximate surface area is 216 Å². The van der Waals surface area contributed by atoms with Crippen molar-refractivity contribution in [2.75, 3.05) is 28.8 Å². The van der Waals surface area contributed by atoms with E-state index >= 15 is 0 Å². The van der Waals surface area contributed by atoms with Crippen LogP contribution >= 0.6 is 0 Å². The molecule has 2 N–H and O–H groups in total. The Bertz CT molecular complexity index is 1480. The first-order valence-corrected chi connectivity index (χ1v) is 14.0. The number of pyridine rings is 1. The summed E-state index contributed by atoms with van der Waals surface area (Å²) >= 11 is 0. The van der Waals surface area contributed by atoms with Gasteiger partial charge in [0, 0.05) is 60.2 Å². The van der Waals surface area contributed by atoms with Crippen molar-refractivity contribution in [2.45, 2.75) is 13.1 Å². The van der Waals surface area contributed by atoms with Gasteiger partial charge in [-0.05, 0) is 42.5 Å². The number of rotatable bonds is 10. The van der Waals surface area contributed by atoms with E-state index in [1.165, 1.54) is 6.26 Å². The third kappa shape index (κ3) is 6.58. The van der Waals surface area contributed by atoms with Gasteiger partial charge in [0.2, 0.25) is 0 Å². The van der Waals surface area contributed by atoms with Crippen LogP contribution in [-0.2, 0) is 22.9 Å². The molecule has 37 heavy (non-hydrogen) atoms. The number of para-hydroxylation sites is 1. The van der Waals surface area contributed by atoms with Crippen LogP contribution in [0.5, 0.6) is 11.5 Å². The quantitative estimate of drug-likeness (QED) is 0.273. The third-order valence-corrected chi connectivity index (χ3v) is 6.81. The Hall–Kier alpha value is -4.08. The highest BCUT2D eigenvalue weighted by molar-refractivity contribution is 7.90. The predicted molar refractivity (Wildman–Crippen MR) is 146 cm³/mol. The molecule has 2 aromatic heterocycles. The number of aromatic nitrogens is 1. The van der Waals surface area contributed by atoms with Gasteiger partial charge >= 0.3 is 0 Å². The molecule has 0 bridgehead atoms. The average Bonchev–Trinajstić information content (AvgIpc) is 3.37. The minimum Gasteiger partial charge on any atom is -0.457 e. The maximum absolute atomic E-state index is 11.3. The van der Waals surface area contributed by atoms with Crippen molar-refractivity contribution in [1.29, 1.82) is 0 Å². The number of fused-ring (bicyclic) bond motifs is 1. The number of ether oxygens (including phenoxy) is 1. The van der Waals surface area contributed by atoms with Crippen LogP contribution in [0, 0.1) is 0 Å². The van der Waals surface area contributed by atoms with Crippen molar-refractivity contribution in [3.8, 4) is 11.5 Å². The first-order valence-electron chi connectivity index (χ1n) is 11.9. The summed E-state index contributed by atoms with van der Waals surface area (Å²) in [6.07, 6.45) is 10.6. The van der Waals surface area contributed by atoms with Gasteiger partial charge in [-0.3, -0.25) is 4.98 Å². The van der Waals surface area contributed by atoms with Crippen LogP contribution in [0.15, 0.2) is 89.9 Å². The van der Waals surface area contributed by atoms with Gasteiger partial charge in [0.15, 0.2) is 5.88 Å². The lowest BCUT2D eigenvalue weighted by Crippen LogP contribution is -2.22. The van der Waals surface area contributed by atoms with Gasteiger partial charge in [0.1, 0.15) is 21.3 Å². The summed E-state index contributed by atoms with van der Waals surface area (Å²) in [7, 11) is -2.98. The summed E-state index contributed by atoms with van der Waals surface area (Å²) in [6, 6.07) is 19.5. The van der Waals surface area contributed by atoms with Crippen LogP contribution < -0.4 is 20.3 Å². The molecule has 0 amide bonds. The van der Waals surface area contributed by atoms with Crippen molar-refractivity contribution in [2.24, 2.45) is 0 Å². The van der Waals surface area contributed by atoms with Gasteiger partial charge in [-0.1, -0.05) is 18.2 Å². The second kappa shape index (κ2) is 10.9. The molecule has 2 aromatic carbocycles. The normalized spacial score (nSPS) is 12.8. The first kappa shape index (κ1) is 24.6. The zero-order chi connectivity index (χ0) is 25.7. The first-order chi connectivity index (χ1) is 17.9. The molecule has 0 fully saturated rings. The molecule has 1 aliphatic rings. The van der Waals surface area contributed by atoms with Crippen LogP contribution in [0.25, 0.3) is 6.08 Å².